The SMILES string of the molecule is Cc1nc(-c2ccccc2)c(C(=O)N2CC(F)(F)C[C@@H](C)C2CNc2cnc(C(F)(F)F)cn2)s1. The second-order valence-corrected chi connectivity index (χ2v) is 9.68. The number of nitrogens with one attached hydrogen (secondary N) is 1. The molecule has 35 heavy (non-hydrogen) atoms. The summed E-state index contributed by atoms with van der Waals surface area (Å²) in [5.74, 6) is -4.18. The van der Waals surface area contributed by atoms with Crippen molar-refractivity contribution in [3.63, 3.8) is 0 Å². The van der Waals surface area contributed by atoms with Gasteiger partial charge in [0.1, 0.15) is 10.7 Å². The maximum atomic E-state index is 14.5. The molecule has 0 aliphatic carbocycles. The molecular formula is C23H22F5N5OS. The van der Waals surface area contributed by atoms with Gasteiger partial charge < -0.3 is 10.2 Å². The second kappa shape index (κ2) is 9.48. The van der Waals surface area contributed by atoms with Crippen LogP contribution in [0.1, 0.15) is 33.7 Å². The molecule has 4 rings (SSSR count). The molecule has 2 atom stereocenters. The van der Waals surface area contributed by atoms with E-state index in [0.717, 1.165) is 22.4 Å². The van der Waals surface area contributed by atoms with Crippen LogP contribution in [0.25, 0.3) is 11.3 Å². The number of anilines is 1. The number of rotatable bonds is 5. The number of benzene rings is 1. The second-order valence-electron chi connectivity index (χ2n) is 8.48. The minimum atomic E-state index is -4.62. The van der Waals surface area contributed by atoms with Crippen LogP contribution in [0.4, 0.5) is 27.8 Å². The molecule has 3 aromatic rings. The van der Waals surface area contributed by atoms with Crippen LogP contribution < -0.4 is 5.32 Å². The highest BCUT2D eigenvalue weighted by Gasteiger charge is 2.46. The van der Waals surface area contributed by atoms with E-state index in [4.69, 9.17) is 0 Å². The Hall–Kier alpha value is -3.15. The summed E-state index contributed by atoms with van der Waals surface area (Å²) in [7, 11) is 0. The number of alkyl halides is 5. The monoisotopic (exact) mass is 511 g/mol. The maximum absolute atomic E-state index is 14.5. The first-order valence-electron chi connectivity index (χ1n) is 10.8. The fraction of sp³-hybridized carbons (Fsp3) is 0.391. The van der Waals surface area contributed by atoms with Crippen molar-refractivity contribution < 1.29 is 26.7 Å². The molecule has 2 aromatic heterocycles. The Balaban J connectivity index is 1.60. The highest BCUT2D eigenvalue weighted by atomic mass is 32.1. The number of piperidine rings is 1. The van der Waals surface area contributed by atoms with Gasteiger partial charge in [0.25, 0.3) is 11.8 Å². The van der Waals surface area contributed by atoms with Gasteiger partial charge >= 0.3 is 6.18 Å². The summed E-state index contributed by atoms with van der Waals surface area (Å²) in [5.41, 5.74) is -0.00813. The van der Waals surface area contributed by atoms with Gasteiger partial charge in [-0.25, -0.2) is 23.7 Å². The quantitative estimate of drug-likeness (QED) is 0.457. The molecule has 0 spiro atoms. The minimum absolute atomic E-state index is 0.0154. The maximum Gasteiger partial charge on any atom is 0.434 e. The van der Waals surface area contributed by atoms with Gasteiger partial charge in [-0.2, -0.15) is 13.2 Å². The van der Waals surface area contributed by atoms with E-state index >= 15 is 0 Å². The van der Waals surface area contributed by atoms with Crippen LogP contribution in [0.2, 0.25) is 0 Å². The molecule has 1 saturated heterocycles. The summed E-state index contributed by atoms with van der Waals surface area (Å²) in [4.78, 5) is 26.5. The van der Waals surface area contributed by atoms with Gasteiger partial charge in [0.05, 0.1) is 35.7 Å². The summed E-state index contributed by atoms with van der Waals surface area (Å²) in [6, 6.07) is 8.35. The lowest BCUT2D eigenvalue weighted by Gasteiger charge is -2.43. The summed E-state index contributed by atoms with van der Waals surface area (Å²) >= 11 is 1.14. The van der Waals surface area contributed by atoms with Gasteiger partial charge in [-0.15, -0.1) is 11.3 Å². The number of likely N-dealkylation sites (tertiary alicyclic amines) is 1. The normalized spacial score (nSPS) is 20.0. The van der Waals surface area contributed by atoms with Crippen molar-refractivity contribution in [3.8, 4) is 11.3 Å². The largest absolute Gasteiger partial charge is 0.434 e. The third-order valence-electron chi connectivity index (χ3n) is 5.75. The van der Waals surface area contributed by atoms with E-state index in [9.17, 15) is 26.7 Å². The Bertz CT molecular complexity index is 1180. The van der Waals surface area contributed by atoms with Gasteiger partial charge in [-0.05, 0) is 12.8 Å². The topological polar surface area (TPSA) is 71.0 Å². The first-order valence-corrected chi connectivity index (χ1v) is 11.6. The Morgan fingerprint density at radius 3 is 2.54 bits per heavy atom. The van der Waals surface area contributed by atoms with Crippen LogP contribution in [0, 0.1) is 12.8 Å². The molecule has 6 nitrogen and oxygen atoms in total. The van der Waals surface area contributed by atoms with Crippen molar-refractivity contribution in [2.24, 2.45) is 5.92 Å². The van der Waals surface area contributed by atoms with Gasteiger partial charge in [-0.3, -0.25) is 4.79 Å². The molecule has 1 aromatic carbocycles. The Morgan fingerprint density at radius 2 is 1.91 bits per heavy atom. The standard InChI is InChI=1S/C23H22F5N5OS/c1-13-8-22(24,25)12-33(16(13)9-30-18-11-29-17(10-31-18)23(26,27)28)21(34)20-19(32-14(2)35-20)15-6-4-3-5-7-15/h3-7,10-11,13,16H,8-9,12H2,1-2H3,(H,30,31)/t13-,16?/m1/s1. The van der Waals surface area contributed by atoms with Crippen LogP contribution in [0.15, 0.2) is 42.7 Å². The zero-order valence-electron chi connectivity index (χ0n) is 18.8. The number of amides is 1. The van der Waals surface area contributed by atoms with Crippen molar-refractivity contribution in [2.45, 2.75) is 38.4 Å². The molecule has 1 aliphatic rings. The molecule has 1 amide bonds. The Kier molecular flexibility index (Phi) is 6.76. The van der Waals surface area contributed by atoms with Gasteiger partial charge in [0.2, 0.25) is 0 Å². The zero-order valence-corrected chi connectivity index (χ0v) is 19.6. The molecule has 186 valence electrons. The molecule has 1 unspecified atom stereocenters. The third-order valence-corrected chi connectivity index (χ3v) is 6.71. The van der Waals surface area contributed by atoms with Crippen LogP contribution in [-0.2, 0) is 6.18 Å². The number of aryl methyl sites for hydroxylation is 1. The summed E-state index contributed by atoms with van der Waals surface area (Å²) in [6.45, 7) is 2.60. The van der Waals surface area contributed by atoms with Crippen LogP contribution in [0.5, 0.6) is 0 Å². The molecule has 0 radical (unpaired) electrons. The number of hydrogen-bond donors (Lipinski definition) is 1. The average Bonchev–Trinajstić information content (AvgIpc) is 3.19. The van der Waals surface area contributed by atoms with E-state index in [1.807, 2.05) is 6.07 Å². The molecule has 0 bridgehead atoms. The van der Waals surface area contributed by atoms with E-state index in [0.29, 0.717) is 22.5 Å². The predicted octanol–water partition coefficient (Wildman–Crippen LogP) is 5.53. The molecule has 3 heterocycles. The zero-order chi connectivity index (χ0) is 25.4. The average molecular weight is 512 g/mol. The first kappa shape index (κ1) is 25.0. The fourth-order valence-electron chi connectivity index (χ4n) is 4.15. The molecule has 0 saturated carbocycles. The highest BCUT2D eigenvalue weighted by Crippen LogP contribution is 2.37. The van der Waals surface area contributed by atoms with Crippen LogP contribution >= 0.6 is 11.3 Å². The summed E-state index contributed by atoms with van der Waals surface area (Å²) in [6.07, 6.45) is -3.52. The number of thiazole rings is 1. The van der Waals surface area contributed by atoms with E-state index in [2.05, 4.69) is 20.3 Å². The predicted molar refractivity (Wildman–Crippen MR) is 121 cm³/mol. The first-order chi connectivity index (χ1) is 16.4. The lowest BCUT2D eigenvalue weighted by atomic mass is 9.88. The van der Waals surface area contributed by atoms with Gasteiger partial charge in [0.15, 0.2) is 5.69 Å². The number of hydrogen-bond acceptors (Lipinski definition) is 6. The minimum Gasteiger partial charge on any atom is -0.367 e. The van der Waals surface area contributed by atoms with Crippen molar-refractivity contribution in [3.05, 3.63) is 58.3 Å². The van der Waals surface area contributed by atoms with Gasteiger partial charge in [-0.1, -0.05) is 37.3 Å². The summed E-state index contributed by atoms with van der Waals surface area (Å²) in [5, 5.41) is 3.47. The molecule has 1 fully saturated rings. The number of halogens is 5. The number of carbonyl (C=O) groups is 1. The van der Waals surface area contributed by atoms with E-state index in [1.165, 1.54) is 0 Å². The van der Waals surface area contributed by atoms with Crippen molar-refractivity contribution >= 4 is 23.1 Å². The molecular weight excluding hydrogens is 489 g/mol. The van der Waals surface area contributed by atoms with Gasteiger partial charge in [0, 0.05) is 18.5 Å². The van der Waals surface area contributed by atoms with E-state index in [1.54, 1.807) is 38.1 Å². The van der Waals surface area contributed by atoms with Crippen molar-refractivity contribution in [2.75, 3.05) is 18.4 Å². The lowest BCUT2D eigenvalue weighted by molar-refractivity contribution is -0.141. The number of aromatic nitrogens is 3. The Labute approximate surface area is 202 Å². The molecule has 1 aliphatic heterocycles. The van der Waals surface area contributed by atoms with Crippen LogP contribution in [-0.4, -0.2) is 50.8 Å². The Morgan fingerprint density at radius 1 is 1.20 bits per heavy atom. The van der Waals surface area contributed by atoms with E-state index < -0.39 is 48.6 Å². The molecule has 12 heteroatoms. The summed E-state index contributed by atoms with van der Waals surface area (Å²) < 4.78 is 67.3. The number of nitrogens with zero attached hydrogens (tertiary/aromatic N) is 4. The van der Waals surface area contributed by atoms with E-state index in [-0.39, 0.29) is 17.2 Å². The number of carbonyl (C=O) groups excluding carboxylic acids is 1. The third kappa shape index (κ3) is 5.58. The van der Waals surface area contributed by atoms with Crippen molar-refractivity contribution in [1.29, 1.82) is 0 Å². The fourth-order valence-corrected chi connectivity index (χ4v) is 5.05. The van der Waals surface area contributed by atoms with Crippen molar-refractivity contribution in [1.82, 2.24) is 19.9 Å². The lowest BCUT2D eigenvalue weighted by Crippen LogP contribution is -2.57. The van der Waals surface area contributed by atoms with Crippen LogP contribution in [0.3, 0.4) is 0 Å². The molecule has 1 N–H and O–H groups in total. The highest BCUT2D eigenvalue weighted by molar-refractivity contribution is 7.14. The smallest absolute Gasteiger partial charge is 0.367 e.